The molecule has 1 aliphatic heterocycles. The zero-order chi connectivity index (χ0) is 21.6. The van der Waals surface area contributed by atoms with Gasteiger partial charge < -0.3 is 9.42 Å². The van der Waals surface area contributed by atoms with E-state index >= 15 is 0 Å². The number of amides is 1. The van der Waals surface area contributed by atoms with Crippen molar-refractivity contribution in [2.24, 2.45) is 0 Å². The van der Waals surface area contributed by atoms with Crippen LogP contribution >= 0.6 is 0 Å². The number of carbonyl (C=O) groups excluding carboxylic acids is 1. The topological polar surface area (TPSA) is 77.1 Å². The Hall–Kier alpha value is -2.91. The second kappa shape index (κ2) is 7.41. The lowest BCUT2D eigenvalue weighted by Crippen LogP contribution is -2.38. The van der Waals surface area contributed by atoms with Crippen molar-refractivity contribution in [3.05, 3.63) is 41.0 Å². The van der Waals surface area contributed by atoms with Crippen molar-refractivity contribution in [1.29, 1.82) is 0 Å². The normalized spacial score (nSPS) is 16.0. The third-order valence-electron chi connectivity index (χ3n) is 5.52. The van der Waals surface area contributed by atoms with Gasteiger partial charge in [0, 0.05) is 36.9 Å². The first kappa shape index (κ1) is 20.4. The Morgan fingerprint density at radius 1 is 1.27 bits per heavy atom. The summed E-state index contributed by atoms with van der Waals surface area (Å²) in [6, 6.07) is 1.25. The smallest absolute Gasteiger partial charge is 0.339 e. The lowest BCUT2D eigenvalue weighted by Gasteiger charge is -2.31. The van der Waals surface area contributed by atoms with Gasteiger partial charge in [0.1, 0.15) is 0 Å². The van der Waals surface area contributed by atoms with Crippen LogP contribution in [-0.2, 0) is 6.18 Å². The summed E-state index contributed by atoms with van der Waals surface area (Å²) in [4.78, 5) is 18.7. The van der Waals surface area contributed by atoms with Gasteiger partial charge in [-0.05, 0) is 39.7 Å². The molecule has 0 atom stereocenters. The summed E-state index contributed by atoms with van der Waals surface area (Å²) in [5, 5.41) is 7.74. The maximum Gasteiger partial charge on any atom is 0.417 e. The number of likely N-dealkylation sites (tertiary alicyclic amines) is 1. The molecule has 7 nitrogen and oxygen atoms in total. The van der Waals surface area contributed by atoms with Crippen LogP contribution in [0.3, 0.4) is 0 Å². The molecule has 1 aliphatic rings. The molecule has 30 heavy (non-hydrogen) atoms. The third-order valence-corrected chi connectivity index (χ3v) is 5.52. The summed E-state index contributed by atoms with van der Waals surface area (Å²) in [7, 11) is 0. The molecular weight excluding hydrogens is 399 g/mol. The molecule has 10 heteroatoms. The summed E-state index contributed by atoms with van der Waals surface area (Å²) in [6.45, 7) is 6.29. The van der Waals surface area contributed by atoms with E-state index in [1.54, 1.807) is 22.0 Å². The van der Waals surface area contributed by atoms with Gasteiger partial charge in [-0.3, -0.25) is 9.48 Å². The number of carbonyl (C=O) groups is 1. The highest BCUT2D eigenvalue weighted by atomic mass is 19.4. The standard InChI is InChI=1S/C20H22F3N5O2/c1-11(2)28-10-14(9-24-28)19(29)27-6-4-13(5-7-27)16-8-15(20(21,22)23)17-12(3)26-30-18(17)25-16/h8-11,13H,4-7H2,1-3H3. The Bertz CT molecular complexity index is 1080. The third kappa shape index (κ3) is 3.66. The van der Waals surface area contributed by atoms with Crippen molar-refractivity contribution in [1.82, 2.24) is 24.8 Å². The molecule has 0 bridgehead atoms. The molecule has 1 fully saturated rings. The maximum atomic E-state index is 13.6. The fraction of sp³-hybridized carbons (Fsp3) is 0.500. The van der Waals surface area contributed by atoms with Gasteiger partial charge in [-0.25, -0.2) is 4.98 Å². The van der Waals surface area contributed by atoms with E-state index < -0.39 is 11.7 Å². The Kier molecular flexibility index (Phi) is 5.03. The largest absolute Gasteiger partial charge is 0.417 e. The van der Waals surface area contributed by atoms with Crippen LogP contribution in [0.15, 0.2) is 23.0 Å². The summed E-state index contributed by atoms with van der Waals surface area (Å²) in [6.07, 6.45) is -0.221. The molecule has 3 aromatic heterocycles. The second-order valence-corrected chi connectivity index (χ2v) is 7.91. The SMILES string of the molecule is Cc1noc2nc(C3CCN(C(=O)c4cnn(C(C)C)c4)CC3)cc(C(F)(F)F)c12. The van der Waals surface area contributed by atoms with Crippen LogP contribution in [0.2, 0.25) is 0 Å². The minimum absolute atomic E-state index is 0.0963. The Balaban J connectivity index is 1.52. The predicted octanol–water partition coefficient (Wildman–Crippen LogP) is 4.35. The van der Waals surface area contributed by atoms with Gasteiger partial charge in [-0.15, -0.1) is 0 Å². The molecule has 4 rings (SSSR count). The monoisotopic (exact) mass is 421 g/mol. The Morgan fingerprint density at radius 3 is 2.57 bits per heavy atom. The Morgan fingerprint density at radius 2 is 1.97 bits per heavy atom. The van der Waals surface area contributed by atoms with Gasteiger partial charge in [-0.2, -0.15) is 18.3 Å². The first-order chi connectivity index (χ1) is 14.1. The maximum absolute atomic E-state index is 13.6. The van der Waals surface area contributed by atoms with Crippen LogP contribution in [0, 0.1) is 6.92 Å². The minimum Gasteiger partial charge on any atom is -0.339 e. The molecule has 0 N–H and O–H groups in total. The van der Waals surface area contributed by atoms with Gasteiger partial charge in [0.2, 0.25) is 0 Å². The van der Waals surface area contributed by atoms with E-state index in [-0.39, 0.29) is 34.7 Å². The van der Waals surface area contributed by atoms with E-state index in [9.17, 15) is 18.0 Å². The molecular formula is C20H22F3N5O2. The van der Waals surface area contributed by atoms with Crippen LogP contribution in [0.1, 0.15) is 66.0 Å². The number of aryl methyl sites for hydroxylation is 1. The van der Waals surface area contributed by atoms with Gasteiger partial charge in [0.25, 0.3) is 11.6 Å². The number of alkyl halides is 3. The average molecular weight is 421 g/mol. The first-order valence-corrected chi connectivity index (χ1v) is 9.82. The van der Waals surface area contributed by atoms with Crippen molar-refractivity contribution >= 4 is 17.0 Å². The zero-order valence-electron chi connectivity index (χ0n) is 16.9. The highest BCUT2D eigenvalue weighted by Gasteiger charge is 2.37. The van der Waals surface area contributed by atoms with Crippen LogP contribution in [0.5, 0.6) is 0 Å². The number of pyridine rings is 1. The lowest BCUT2D eigenvalue weighted by molar-refractivity contribution is -0.136. The number of hydrogen-bond donors (Lipinski definition) is 0. The quantitative estimate of drug-likeness (QED) is 0.629. The fourth-order valence-corrected chi connectivity index (χ4v) is 3.84. The lowest BCUT2D eigenvalue weighted by atomic mass is 9.91. The number of halogens is 3. The molecule has 3 aromatic rings. The van der Waals surface area contributed by atoms with Crippen molar-refractivity contribution < 1.29 is 22.5 Å². The molecule has 0 saturated carbocycles. The minimum atomic E-state index is -4.53. The molecule has 0 unspecified atom stereocenters. The van der Waals surface area contributed by atoms with E-state index in [2.05, 4.69) is 15.2 Å². The van der Waals surface area contributed by atoms with Crippen LogP contribution in [-0.4, -0.2) is 43.8 Å². The van der Waals surface area contributed by atoms with E-state index in [0.29, 0.717) is 37.2 Å². The molecule has 1 amide bonds. The molecule has 160 valence electrons. The van der Waals surface area contributed by atoms with E-state index in [0.717, 1.165) is 6.07 Å². The summed E-state index contributed by atoms with van der Waals surface area (Å²) in [5.74, 6) is -0.311. The van der Waals surface area contributed by atoms with Gasteiger partial charge in [-0.1, -0.05) is 5.16 Å². The summed E-state index contributed by atoms with van der Waals surface area (Å²) >= 11 is 0. The van der Waals surface area contributed by atoms with Crippen LogP contribution in [0.4, 0.5) is 13.2 Å². The van der Waals surface area contributed by atoms with Gasteiger partial charge >= 0.3 is 6.18 Å². The number of rotatable bonds is 3. The highest BCUT2D eigenvalue weighted by Crippen LogP contribution is 2.38. The summed E-state index contributed by atoms with van der Waals surface area (Å²) < 4.78 is 47.5. The molecule has 0 aliphatic carbocycles. The van der Waals surface area contributed by atoms with Crippen LogP contribution in [0.25, 0.3) is 11.1 Å². The first-order valence-electron chi connectivity index (χ1n) is 9.82. The number of fused-ring (bicyclic) bond motifs is 1. The number of aromatic nitrogens is 4. The fourth-order valence-electron chi connectivity index (χ4n) is 3.84. The van der Waals surface area contributed by atoms with Gasteiger partial charge in [0.15, 0.2) is 0 Å². The molecule has 0 spiro atoms. The van der Waals surface area contributed by atoms with Crippen molar-refractivity contribution in [2.75, 3.05) is 13.1 Å². The zero-order valence-corrected chi connectivity index (χ0v) is 16.9. The number of piperidine rings is 1. The van der Waals surface area contributed by atoms with E-state index in [1.807, 2.05) is 13.8 Å². The molecule has 4 heterocycles. The second-order valence-electron chi connectivity index (χ2n) is 7.91. The average Bonchev–Trinajstić information content (AvgIpc) is 3.34. The molecule has 0 radical (unpaired) electrons. The number of nitrogens with zero attached hydrogens (tertiary/aromatic N) is 5. The highest BCUT2D eigenvalue weighted by molar-refractivity contribution is 5.93. The van der Waals surface area contributed by atoms with Crippen LogP contribution < -0.4 is 0 Å². The Labute approximate surface area is 170 Å². The molecule has 0 aromatic carbocycles. The van der Waals surface area contributed by atoms with Crippen molar-refractivity contribution in [3.8, 4) is 0 Å². The summed E-state index contributed by atoms with van der Waals surface area (Å²) in [5.41, 5.74) is 0.125. The number of hydrogen-bond acceptors (Lipinski definition) is 5. The van der Waals surface area contributed by atoms with Crippen molar-refractivity contribution in [3.63, 3.8) is 0 Å². The molecule has 1 saturated heterocycles. The van der Waals surface area contributed by atoms with Gasteiger partial charge in [0.05, 0.1) is 28.4 Å². The van der Waals surface area contributed by atoms with E-state index in [4.69, 9.17) is 4.52 Å². The van der Waals surface area contributed by atoms with Crippen molar-refractivity contribution in [2.45, 2.75) is 51.7 Å². The van der Waals surface area contributed by atoms with E-state index in [1.165, 1.54) is 6.92 Å². The predicted molar refractivity (Wildman–Crippen MR) is 102 cm³/mol.